The van der Waals surface area contributed by atoms with Crippen molar-refractivity contribution < 1.29 is 4.74 Å². The van der Waals surface area contributed by atoms with Gasteiger partial charge >= 0.3 is 0 Å². The number of nitrogens with one attached hydrogen (secondary N) is 1. The third-order valence-electron chi connectivity index (χ3n) is 2.63. The molecular weight excluding hydrogens is 326 g/mol. The maximum absolute atomic E-state index is 6.07. The third-order valence-corrected chi connectivity index (χ3v) is 3.53. The largest absolute Gasteiger partial charge is 0.492 e. The molecule has 0 aliphatic rings. The Kier molecular flexibility index (Phi) is 5.70. The Labute approximate surface area is 126 Å². The van der Waals surface area contributed by atoms with E-state index in [1.54, 1.807) is 0 Å². The Morgan fingerprint density at radius 2 is 1.79 bits per heavy atom. The van der Waals surface area contributed by atoms with Crippen molar-refractivity contribution in [2.75, 3.05) is 13.2 Å². The van der Waals surface area contributed by atoms with E-state index >= 15 is 0 Å². The summed E-state index contributed by atoms with van der Waals surface area (Å²) in [5.41, 5.74) is 1.10. The summed E-state index contributed by atoms with van der Waals surface area (Å²) in [6.07, 6.45) is 0. The summed E-state index contributed by atoms with van der Waals surface area (Å²) < 4.78 is 6.67. The van der Waals surface area contributed by atoms with E-state index in [0.29, 0.717) is 6.61 Å². The number of benzene rings is 2. The van der Waals surface area contributed by atoms with Crippen LogP contribution in [0.15, 0.2) is 53.0 Å². The highest BCUT2D eigenvalue weighted by atomic mass is 79.9. The van der Waals surface area contributed by atoms with Crippen LogP contribution in [-0.2, 0) is 6.54 Å². The van der Waals surface area contributed by atoms with Crippen LogP contribution in [0.3, 0.4) is 0 Å². The second kappa shape index (κ2) is 7.53. The van der Waals surface area contributed by atoms with E-state index in [0.717, 1.165) is 33.9 Å². The van der Waals surface area contributed by atoms with Gasteiger partial charge in [0.2, 0.25) is 0 Å². The molecule has 0 aromatic heterocycles. The zero-order valence-electron chi connectivity index (χ0n) is 10.4. The molecule has 0 aliphatic carbocycles. The van der Waals surface area contributed by atoms with Crippen LogP contribution in [0.1, 0.15) is 5.56 Å². The highest BCUT2D eigenvalue weighted by molar-refractivity contribution is 9.10. The summed E-state index contributed by atoms with van der Waals surface area (Å²) in [4.78, 5) is 0. The van der Waals surface area contributed by atoms with Crippen molar-refractivity contribution in [3.8, 4) is 5.75 Å². The second-order valence-electron chi connectivity index (χ2n) is 4.07. The fourth-order valence-corrected chi connectivity index (χ4v) is 2.10. The minimum atomic E-state index is 0.631. The van der Waals surface area contributed by atoms with Crippen LogP contribution in [0.2, 0.25) is 5.02 Å². The predicted molar refractivity (Wildman–Crippen MR) is 82.8 cm³/mol. The molecule has 1 N–H and O–H groups in total. The van der Waals surface area contributed by atoms with E-state index in [-0.39, 0.29) is 0 Å². The van der Waals surface area contributed by atoms with Crippen molar-refractivity contribution >= 4 is 27.5 Å². The minimum absolute atomic E-state index is 0.631. The van der Waals surface area contributed by atoms with Crippen LogP contribution < -0.4 is 10.1 Å². The molecule has 0 amide bonds. The first-order valence-electron chi connectivity index (χ1n) is 6.08. The van der Waals surface area contributed by atoms with E-state index in [1.165, 1.54) is 0 Å². The van der Waals surface area contributed by atoms with Crippen molar-refractivity contribution in [2.24, 2.45) is 0 Å². The SMILES string of the molecule is Clc1ccccc1CNCCOc1ccc(Br)cc1. The Morgan fingerprint density at radius 3 is 2.53 bits per heavy atom. The van der Waals surface area contributed by atoms with Crippen LogP contribution in [0.25, 0.3) is 0 Å². The highest BCUT2D eigenvalue weighted by Gasteiger charge is 1.98. The number of hydrogen-bond donors (Lipinski definition) is 1. The Balaban J connectivity index is 1.67. The summed E-state index contributed by atoms with van der Waals surface area (Å²) in [6.45, 7) is 2.16. The summed E-state index contributed by atoms with van der Waals surface area (Å²) in [7, 11) is 0. The molecule has 2 aromatic carbocycles. The summed E-state index contributed by atoms with van der Waals surface area (Å²) in [5, 5.41) is 4.10. The van der Waals surface area contributed by atoms with Gasteiger partial charge in [0.1, 0.15) is 12.4 Å². The lowest BCUT2D eigenvalue weighted by molar-refractivity contribution is 0.313. The fourth-order valence-electron chi connectivity index (χ4n) is 1.64. The standard InChI is InChI=1S/C15H15BrClNO/c16-13-5-7-14(8-6-13)19-10-9-18-11-12-3-1-2-4-15(12)17/h1-8,18H,9-11H2. The third kappa shape index (κ3) is 4.86. The number of halogens is 2. The fraction of sp³-hybridized carbons (Fsp3) is 0.200. The molecule has 0 bridgehead atoms. The lowest BCUT2D eigenvalue weighted by atomic mass is 10.2. The number of ether oxygens (including phenoxy) is 1. The minimum Gasteiger partial charge on any atom is -0.492 e. The van der Waals surface area contributed by atoms with Crippen LogP contribution in [0.5, 0.6) is 5.75 Å². The second-order valence-corrected chi connectivity index (χ2v) is 5.39. The Hall–Kier alpha value is -1.03. The molecule has 0 saturated carbocycles. The van der Waals surface area contributed by atoms with Crippen molar-refractivity contribution in [3.63, 3.8) is 0 Å². The molecule has 19 heavy (non-hydrogen) atoms. The molecule has 0 atom stereocenters. The number of rotatable bonds is 6. The average molecular weight is 341 g/mol. The quantitative estimate of drug-likeness (QED) is 0.793. The Bertz CT molecular complexity index is 516. The highest BCUT2D eigenvalue weighted by Crippen LogP contribution is 2.16. The van der Waals surface area contributed by atoms with Crippen LogP contribution in [0.4, 0.5) is 0 Å². The van der Waals surface area contributed by atoms with Gasteiger partial charge in [0.25, 0.3) is 0 Å². The molecular formula is C15H15BrClNO. The van der Waals surface area contributed by atoms with E-state index < -0.39 is 0 Å². The van der Waals surface area contributed by atoms with Gasteiger partial charge in [-0.3, -0.25) is 0 Å². The lowest BCUT2D eigenvalue weighted by Gasteiger charge is -2.08. The van der Waals surface area contributed by atoms with E-state index in [1.807, 2.05) is 48.5 Å². The van der Waals surface area contributed by atoms with Gasteiger partial charge in [-0.1, -0.05) is 45.7 Å². The maximum atomic E-state index is 6.07. The summed E-state index contributed by atoms with van der Waals surface area (Å²) in [5.74, 6) is 0.878. The zero-order chi connectivity index (χ0) is 13.5. The van der Waals surface area contributed by atoms with Crippen molar-refractivity contribution in [2.45, 2.75) is 6.54 Å². The predicted octanol–water partition coefficient (Wildman–Crippen LogP) is 4.27. The average Bonchev–Trinajstić information content (AvgIpc) is 2.42. The van der Waals surface area contributed by atoms with Gasteiger partial charge in [-0.05, 0) is 35.9 Å². The molecule has 0 heterocycles. The lowest BCUT2D eigenvalue weighted by Crippen LogP contribution is -2.20. The normalized spacial score (nSPS) is 10.4. The van der Waals surface area contributed by atoms with Crippen molar-refractivity contribution in [3.05, 3.63) is 63.6 Å². The molecule has 0 aliphatic heterocycles. The molecule has 100 valence electrons. The monoisotopic (exact) mass is 339 g/mol. The van der Waals surface area contributed by atoms with Crippen LogP contribution in [0, 0.1) is 0 Å². The van der Waals surface area contributed by atoms with E-state index in [2.05, 4.69) is 21.2 Å². The van der Waals surface area contributed by atoms with Gasteiger partial charge < -0.3 is 10.1 Å². The molecule has 0 unspecified atom stereocenters. The molecule has 0 spiro atoms. The summed E-state index contributed by atoms with van der Waals surface area (Å²) >= 11 is 9.46. The van der Waals surface area contributed by atoms with Gasteiger partial charge in [-0.15, -0.1) is 0 Å². The first kappa shape index (κ1) is 14.4. The van der Waals surface area contributed by atoms with Crippen LogP contribution in [-0.4, -0.2) is 13.2 Å². The molecule has 0 radical (unpaired) electrons. The van der Waals surface area contributed by atoms with E-state index in [9.17, 15) is 0 Å². The molecule has 0 fully saturated rings. The molecule has 2 aromatic rings. The van der Waals surface area contributed by atoms with Crippen molar-refractivity contribution in [1.29, 1.82) is 0 Å². The zero-order valence-corrected chi connectivity index (χ0v) is 12.7. The molecule has 4 heteroatoms. The molecule has 0 saturated heterocycles. The first-order chi connectivity index (χ1) is 9.25. The van der Waals surface area contributed by atoms with E-state index in [4.69, 9.17) is 16.3 Å². The molecule has 2 nitrogen and oxygen atoms in total. The van der Waals surface area contributed by atoms with Gasteiger partial charge in [-0.25, -0.2) is 0 Å². The van der Waals surface area contributed by atoms with Gasteiger partial charge in [0, 0.05) is 22.6 Å². The Morgan fingerprint density at radius 1 is 1.05 bits per heavy atom. The van der Waals surface area contributed by atoms with Gasteiger partial charge in [0.05, 0.1) is 0 Å². The first-order valence-corrected chi connectivity index (χ1v) is 7.25. The molecule has 2 rings (SSSR count). The number of hydrogen-bond acceptors (Lipinski definition) is 2. The van der Waals surface area contributed by atoms with Gasteiger partial charge in [0.15, 0.2) is 0 Å². The van der Waals surface area contributed by atoms with Crippen molar-refractivity contribution in [1.82, 2.24) is 5.32 Å². The summed E-state index contributed by atoms with van der Waals surface area (Å²) in [6, 6.07) is 15.7. The smallest absolute Gasteiger partial charge is 0.119 e. The van der Waals surface area contributed by atoms with Gasteiger partial charge in [-0.2, -0.15) is 0 Å². The topological polar surface area (TPSA) is 21.3 Å². The van der Waals surface area contributed by atoms with Crippen LogP contribution >= 0.6 is 27.5 Å². The maximum Gasteiger partial charge on any atom is 0.119 e.